The van der Waals surface area contributed by atoms with E-state index >= 15 is 0 Å². The number of hydrogen-bond acceptors (Lipinski definition) is 5. The highest BCUT2D eigenvalue weighted by Gasteiger charge is 2.12. The quantitative estimate of drug-likeness (QED) is 0.550. The average molecular weight is 352 g/mol. The monoisotopic (exact) mass is 351 g/mol. The van der Waals surface area contributed by atoms with Crippen LogP contribution in [-0.2, 0) is 6.42 Å². The van der Waals surface area contributed by atoms with Gasteiger partial charge in [0.1, 0.15) is 11.3 Å². The molecule has 0 saturated heterocycles. The summed E-state index contributed by atoms with van der Waals surface area (Å²) in [4.78, 5) is 17.0. The van der Waals surface area contributed by atoms with E-state index in [1.807, 2.05) is 41.0 Å². The molecule has 0 bridgehead atoms. The van der Waals surface area contributed by atoms with Crippen LogP contribution in [0.25, 0.3) is 16.9 Å². The van der Waals surface area contributed by atoms with Gasteiger partial charge in [0.25, 0.3) is 0 Å². The zero-order valence-electron chi connectivity index (χ0n) is 13.2. The number of imidazole rings is 1. The SMILES string of the molecule is Clc1cnc(OCCc2ccncc2)nc1-n1cnc2ccccc21. The minimum atomic E-state index is 0.284. The number of ether oxygens (including phenoxy) is 1. The van der Waals surface area contributed by atoms with E-state index in [1.54, 1.807) is 24.9 Å². The molecule has 3 heterocycles. The highest BCUT2D eigenvalue weighted by molar-refractivity contribution is 6.32. The van der Waals surface area contributed by atoms with Crippen LogP contribution >= 0.6 is 11.6 Å². The van der Waals surface area contributed by atoms with E-state index < -0.39 is 0 Å². The first-order valence-electron chi connectivity index (χ1n) is 7.78. The number of pyridine rings is 1. The van der Waals surface area contributed by atoms with E-state index in [4.69, 9.17) is 16.3 Å². The summed E-state index contributed by atoms with van der Waals surface area (Å²) in [6.07, 6.45) is 7.50. The van der Waals surface area contributed by atoms with Crippen molar-refractivity contribution in [1.29, 1.82) is 0 Å². The maximum atomic E-state index is 6.28. The Morgan fingerprint density at radius 1 is 1.04 bits per heavy atom. The maximum absolute atomic E-state index is 6.28. The molecule has 3 aromatic heterocycles. The van der Waals surface area contributed by atoms with Crippen molar-refractivity contribution in [2.45, 2.75) is 6.42 Å². The van der Waals surface area contributed by atoms with Crippen molar-refractivity contribution in [1.82, 2.24) is 24.5 Å². The molecule has 0 atom stereocenters. The fraction of sp³-hybridized carbons (Fsp3) is 0.111. The zero-order valence-corrected chi connectivity index (χ0v) is 14.0. The van der Waals surface area contributed by atoms with Gasteiger partial charge in [-0.25, -0.2) is 9.97 Å². The molecule has 25 heavy (non-hydrogen) atoms. The Kier molecular flexibility index (Phi) is 4.26. The van der Waals surface area contributed by atoms with Gasteiger partial charge in [0.05, 0.1) is 23.8 Å². The van der Waals surface area contributed by atoms with Gasteiger partial charge < -0.3 is 4.74 Å². The average Bonchev–Trinajstić information content (AvgIpc) is 3.08. The number of fused-ring (bicyclic) bond motifs is 1. The predicted molar refractivity (Wildman–Crippen MR) is 95.1 cm³/mol. The molecule has 6 nitrogen and oxygen atoms in total. The third-order valence-corrected chi connectivity index (χ3v) is 4.02. The van der Waals surface area contributed by atoms with Crippen LogP contribution in [0.5, 0.6) is 6.01 Å². The van der Waals surface area contributed by atoms with E-state index in [2.05, 4.69) is 19.9 Å². The molecule has 124 valence electrons. The van der Waals surface area contributed by atoms with Crippen LogP contribution in [0, 0.1) is 0 Å². The summed E-state index contributed by atoms with van der Waals surface area (Å²) < 4.78 is 7.51. The van der Waals surface area contributed by atoms with Crippen molar-refractivity contribution in [3.63, 3.8) is 0 Å². The summed E-state index contributed by atoms with van der Waals surface area (Å²) >= 11 is 6.28. The summed E-state index contributed by atoms with van der Waals surface area (Å²) in [6, 6.07) is 12.0. The summed E-state index contributed by atoms with van der Waals surface area (Å²) in [5.74, 6) is 0.546. The number of para-hydroxylation sites is 2. The largest absolute Gasteiger partial charge is 0.463 e. The Labute approximate surface area is 149 Å². The highest BCUT2D eigenvalue weighted by atomic mass is 35.5. The van der Waals surface area contributed by atoms with Crippen molar-refractivity contribution in [2.24, 2.45) is 0 Å². The molecular formula is C18H14ClN5O. The molecule has 4 aromatic rings. The molecule has 0 saturated carbocycles. The van der Waals surface area contributed by atoms with Crippen LogP contribution in [0.2, 0.25) is 5.02 Å². The Balaban J connectivity index is 1.56. The summed E-state index contributed by atoms with van der Waals surface area (Å²) in [5, 5.41) is 0.435. The molecular weight excluding hydrogens is 338 g/mol. The fourth-order valence-electron chi connectivity index (χ4n) is 2.52. The van der Waals surface area contributed by atoms with Crippen molar-refractivity contribution in [3.8, 4) is 11.8 Å². The lowest BCUT2D eigenvalue weighted by molar-refractivity contribution is 0.296. The Morgan fingerprint density at radius 3 is 2.76 bits per heavy atom. The minimum absolute atomic E-state index is 0.284. The number of hydrogen-bond donors (Lipinski definition) is 0. The third-order valence-electron chi connectivity index (χ3n) is 3.76. The molecule has 0 fully saturated rings. The van der Waals surface area contributed by atoms with Gasteiger partial charge in [-0.2, -0.15) is 4.98 Å². The molecule has 0 unspecified atom stereocenters. The Bertz CT molecular complexity index is 1000. The van der Waals surface area contributed by atoms with Crippen LogP contribution in [-0.4, -0.2) is 31.1 Å². The standard InChI is InChI=1S/C18H14ClN5O/c19-14-11-21-18(25-10-7-13-5-8-20-9-6-13)23-17(14)24-12-22-15-3-1-2-4-16(15)24/h1-6,8-9,11-12H,7,10H2. The number of halogens is 1. The first kappa shape index (κ1) is 15.5. The van der Waals surface area contributed by atoms with Gasteiger partial charge in [-0.15, -0.1) is 0 Å². The van der Waals surface area contributed by atoms with Gasteiger partial charge in [-0.1, -0.05) is 23.7 Å². The summed E-state index contributed by atoms with van der Waals surface area (Å²) in [6.45, 7) is 0.468. The maximum Gasteiger partial charge on any atom is 0.318 e. The molecule has 0 aliphatic heterocycles. The lowest BCUT2D eigenvalue weighted by Gasteiger charge is -2.09. The van der Waals surface area contributed by atoms with E-state index in [0.29, 0.717) is 17.4 Å². The third kappa shape index (κ3) is 3.29. The molecule has 0 N–H and O–H groups in total. The van der Waals surface area contributed by atoms with Crippen molar-refractivity contribution in [2.75, 3.05) is 6.61 Å². The second-order valence-electron chi connectivity index (χ2n) is 5.38. The van der Waals surface area contributed by atoms with Crippen molar-refractivity contribution >= 4 is 22.6 Å². The van der Waals surface area contributed by atoms with E-state index in [-0.39, 0.29) is 6.01 Å². The second kappa shape index (κ2) is 6.86. The van der Waals surface area contributed by atoms with Crippen LogP contribution in [0.3, 0.4) is 0 Å². The number of aromatic nitrogens is 5. The highest BCUT2D eigenvalue weighted by Crippen LogP contribution is 2.23. The van der Waals surface area contributed by atoms with Gasteiger partial charge in [0, 0.05) is 18.8 Å². The molecule has 0 amide bonds. The normalized spacial score (nSPS) is 10.9. The van der Waals surface area contributed by atoms with Crippen LogP contribution in [0.15, 0.2) is 61.3 Å². The van der Waals surface area contributed by atoms with E-state index in [1.165, 1.54) is 0 Å². The van der Waals surface area contributed by atoms with Crippen molar-refractivity contribution in [3.05, 3.63) is 71.9 Å². The first-order valence-corrected chi connectivity index (χ1v) is 8.16. The van der Waals surface area contributed by atoms with Gasteiger partial charge in [-0.3, -0.25) is 9.55 Å². The number of rotatable bonds is 5. The molecule has 0 radical (unpaired) electrons. The van der Waals surface area contributed by atoms with E-state index in [0.717, 1.165) is 23.0 Å². The van der Waals surface area contributed by atoms with Gasteiger partial charge >= 0.3 is 6.01 Å². The van der Waals surface area contributed by atoms with E-state index in [9.17, 15) is 0 Å². The predicted octanol–water partition coefficient (Wildman–Crippen LogP) is 3.49. The van der Waals surface area contributed by atoms with Crippen molar-refractivity contribution < 1.29 is 4.74 Å². The van der Waals surface area contributed by atoms with Gasteiger partial charge in [0.15, 0.2) is 5.82 Å². The zero-order chi connectivity index (χ0) is 17.1. The second-order valence-corrected chi connectivity index (χ2v) is 5.79. The molecule has 0 aliphatic carbocycles. The Hall–Kier alpha value is -2.99. The van der Waals surface area contributed by atoms with Crippen LogP contribution in [0.4, 0.5) is 0 Å². The van der Waals surface area contributed by atoms with Gasteiger partial charge in [-0.05, 0) is 29.8 Å². The molecule has 4 rings (SSSR count). The lowest BCUT2D eigenvalue weighted by Crippen LogP contribution is -2.06. The van der Waals surface area contributed by atoms with Crippen LogP contribution in [0.1, 0.15) is 5.56 Å². The molecule has 0 spiro atoms. The molecule has 1 aromatic carbocycles. The fourth-order valence-corrected chi connectivity index (χ4v) is 2.70. The minimum Gasteiger partial charge on any atom is -0.463 e. The first-order chi connectivity index (χ1) is 12.3. The van der Waals surface area contributed by atoms with Crippen LogP contribution < -0.4 is 4.74 Å². The topological polar surface area (TPSA) is 65.7 Å². The van der Waals surface area contributed by atoms with Gasteiger partial charge in [0.2, 0.25) is 0 Å². The summed E-state index contributed by atoms with van der Waals surface area (Å²) in [7, 11) is 0. The number of nitrogens with zero attached hydrogens (tertiary/aromatic N) is 5. The smallest absolute Gasteiger partial charge is 0.318 e. The number of benzene rings is 1. The Morgan fingerprint density at radius 2 is 1.88 bits per heavy atom. The summed E-state index contributed by atoms with van der Waals surface area (Å²) in [5.41, 5.74) is 2.94. The molecule has 0 aliphatic rings. The molecule has 7 heteroatoms. The lowest BCUT2D eigenvalue weighted by atomic mass is 10.2.